The smallest absolute Gasteiger partial charge is 0.335 e. The summed E-state index contributed by atoms with van der Waals surface area (Å²) in [6.45, 7) is 0.882. The number of carboxylic acid groups (broad SMARTS) is 4. The number of rotatable bonds is 7. The van der Waals surface area contributed by atoms with Gasteiger partial charge < -0.3 is 29.9 Å². The number of aliphatic carboxylic acids is 2. The van der Waals surface area contributed by atoms with Crippen LogP contribution >= 0.6 is 0 Å². The lowest BCUT2D eigenvalue weighted by Gasteiger charge is -2.08. The predicted octanol–water partition coefficient (Wildman–Crippen LogP) is 3.23. The molecule has 36 heavy (non-hydrogen) atoms. The molecule has 0 amide bonds. The third-order valence-corrected chi connectivity index (χ3v) is 4.49. The van der Waals surface area contributed by atoms with Crippen molar-refractivity contribution in [3.63, 3.8) is 0 Å². The number of unbranched alkanes of at least 4 members (excludes halogenated alkanes) is 1. The van der Waals surface area contributed by atoms with Crippen LogP contribution in [0.4, 0.5) is 0 Å². The minimum absolute atomic E-state index is 0.0628. The van der Waals surface area contributed by atoms with Crippen LogP contribution in [0.2, 0.25) is 0 Å². The fourth-order valence-corrected chi connectivity index (χ4v) is 2.57. The Bertz CT molecular complexity index is 789. The van der Waals surface area contributed by atoms with Crippen LogP contribution in [0, 0.1) is 0 Å². The molecule has 0 spiro atoms. The Hall–Kier alpha value is -3.96. The van der Waals surface area contributed by atoms with Gasteiger partial charge in [-0.3, -0.25) is 19.2 Å². The molecule has 1 heterocycles. The van der Waals surface area contributed by atoms with Crippen LogP contribution in [0.5, 0.6) is 0 Å². The highest BCUT2D eigenvalue weighted by Gasteiger charge is 2.08. The largest absolute Gasteiger partial charge is 0.481 e. The molecule has 1 saturated heterocycles. The molecule has 0 aromatic heterocycles. The number of hydrogen-bond donors (Lipinski definition) is 4. The van der Waals surface area contributed by atoms with Crippen molar-refractivity contribution in [3.05, 3.63) is 35.4 Å². The van der Waals surface area contributed by atoms with Gasteiger partial charge in [0.25, 0.3) is 0 Å². The van der Waals surface area contributed by atoms with Crippen LogP contribution in [0.1, 0.15) is 84.9 Å². The van der Waals surface area contributed by atoms with Gasteiger partial charge in [0.2, 0.25) is 0 Å². The zero-order valence-corrected chi connectivity index (χ0v) is 19.8. The Balaban J connectivity index is 0.000000519. The molecular weight excluding hydrogens is 480 g/mol. The molecule has 0 aliphatic carbocycles. The van der Waals surface area contributed by atoms with E-state index in [1.807, 2.05) is 0 Å². The first-order valence-electron chi connectivity index (χ1n) is 11.3. The van der Waals surface area contributed by atoms with Gasteiger partial charge in [0.05, 0.1) is 24.3 Å². The maximum atomic E-state index is 11.0. The highest BCUT2D eigenvalue weighted by molar-refractivity contribution is 5.91. The number of cyclic esters (lactones) is 2. The molecule has 0 bridgehead atoms. The molecule has 1 aromatic rings. The Morgan fingerprint density at radius 3 is 1.22 bits per heavy atom. The fourth-order valence-electron chi connectivity index (χ4n) is 2.57. The molecule has 12 nitrogen and oxygen atoms in total. The van der Waals surface area contributed by atoms with E-state index in [9.17, 15) is 28.8 Å². The average molecular weight is 513 g/mol. The zero-order chi connectivity index (χ0) is 27.3. The van der Waals surface area contributed by atoms with Gasteiger partial charge in [-0.25, -0.2) is 9.59 Å². The molecule has 0 unspecified atom stereocenters. The highest BCUT2D eigenvalue weighted by Crippen LogP contribution is 2.06. The molecule has 12 heteroatoms. The summed E-state index contributed by atoms with van der Waals surface area (Å²) in [6, 6.07) is 5.02. The summed E-state index contributed by atoms with van der Waals surface area (Å²) in [6.07, 6.45) is 4.77. The number of carbonyl (C=O) groups is 6. The molecule has 4 N–H and O–H groups in total. The molecular formula is C24H32O12. The van der Waals surface area contributed by atoms with E-state index in [1.54, 1.807) is 0 Å². The number of ether oxygens (including phenoxy) is 2. The third-order valence-electron chi connectivity index (χ3n) is 4.49. The summed E-state index contributed by atoms with van der Waals surface area (Å²) < 4.78 is 9.92. The zero-order valence-electron chi connectivity index (χ0n) is 19.8. The summed E-state index contributed by atoms with van der Waals surface area (Å²) in [5.41, 5.74) is 0.167. The van der Waals surface area contributed by atoms with Gasteiger partial charge in [0, 0.05) is 25.7 Å². The first kappa shape index (κ1) is 32.0. The van der Waals surface area contributed by atoms with Crippen molar-refractivity contribution in [1.29, 1.82) is 0 Å². The van der Waals surface area contributed by atoms with E-state index in [-0.39, 0.29) is 35.9 Å². The second-order valence-electron chi connectivity index (χ2n) is 7.54. The van der Waals surface area contributed by atoms with Crippen LogP contribution in [0.15, 0.2) is 24.3 Å². The van der Waals surface area contributed by atoms with Crippen LogP contribution in [0.3, 0.4) is 0 Å². The van der Waals surface area contributed by atoms with E-state index in [0.29, 0.717) is 51.7 Å². The first-order valence-corrected chi connectivity index (χ1v) is 11.3. The monoisotopic (exact) mass is 512 g/mol. The van der Waals surface area contributed by atoms with Gasteiger partial charge in [-0.05, 0) is 62.8 Å². The first-order chi connectivity index (χ1) is 17.0. The van der Waals surface area contributed by atoms with Crippen molar-refractivity contribution in [3.8, 4) is 0 Å². The van der Waals surface area contributed by atoms with Crippen molar-refractivity contribution in [2.75, 3.05) is 13.2 Å². The highest BCUT2D eigenvalue weighted by atomic mass is 16.5. The number of hydrogen-bond acceptors (Lipinski definition) is 8. The van der Waals surface area contributed by atoms with Crippen molar-refractivity contribution in [1.82, 2.24) is 0 Å². The number of carbonyl (C=O) groups excluding carboxylic acids is 2. The minimum Gasteiger partial charge on any atom is -0.481 e. The summed E-state index contributed by atoms with van der Waals surface area (Å²) in [4.78, 5) is 62.5. The quantitative estimate of drug-likeness (QED) is 0.307. The summed E-state index contributed by atoms with van der Waals surface area (Å²) in [5.74, 6) is -4.17. The number of esters is 2. The van der Waals surface area contributed by atoms with Crippen molar-refractivity contribution in [2.45, 2.75) is 64.2 Å². The predicted molar refractivity (Wildman–Crippen MR) is 124 cm³/mol. The van der Waals surface area contributed by atoms with Crippen molar-refractivity contribution < 1.29 is 58.7 Å². The van der Waals surface area contributed by atoms with E-state index in [4.69, 9.17) is 29.9 Å². The van der Waals surface area contributed by atoms with Gasteiger partial charge in [-0.2, -0.15) is 0 Å². The molecule has 2 rings (SSSR count). The van der Waals surface area contributed by atoms with Crippen LogP contribution in [-0.2, 0) is 28.7 Å². The van der Waals surface area contributed by atoms with Crippen molar-refractivity contribution in [2.24, 2.45) is 0 Å². The second kappa shape index (κ2) is 19.4. The summed E-state index contributed by atoms with van der Waals surface area (Å²) in [5, 5.41) is 33.2. The maximum Gasteiger partial charge on any atom is 0.335 e. The standard InChI is InChI=1S/C10H16O4.C8H6O4.C6H10O4/c11-9-5-1-2-6-10(12)14-8-4-3-7-13-9;9-7(10)5-1-2-6(4-3-5)8(11)12;7-5(8)3-1-2-4-6(9)10/h1-8H2;1-4H,(H,9,10)(H,11,12);1-4H2,(H,7,8)(H,9,10). The number of aromatic carboxylic acids is 2. The van der Waals surface area contributed by atoms with E-state index >= 15 is 0 Å². The lowest BCUT2D eigenvalue weighted by atomic mass is 10.1. The van der Waals surface area contributed by atoms with E-state index in [2.05, 4.69) is 0 Å². The van der Waals surface area contributed by atoms with E-state index < -0.39 is 23.9 Å². The Labute approximate surface area is 207 Å². The molecule has 0 radical (unpaired) electrons. The van der Waals surface area contributed by atoms with Gasteiger partial charge in [-0.1, -0.05) is 0 Å². The Morgan fingerprint density at radius 2 is 0.944 bits per heavy atom. The molecule has 0 atom stereocenters. The fraction of sp³-hybridized carbons (Fsp3) is 0.500. The maximum absolute atomic E-state index is 11.0. The summed E-state index contributed by atoms with van der Waals surface area (Å²) in [7, 11) is 0. The van der Waals surface area contributed by atoms with Gasteiger partial charge in [-0.15, -0.1) is 0 Å². The molecule has 1 aromatic carbocycles. The van der Waals surface area contributed by atoms with Gasteiger partial charge >= 0.3 is 35.8 Å². The molecule has 0 saturated carbocycles. The van der Waals surface area contributed by atoms with E-state index in [0.717, 1.165) is 12.8 Å². The molecule has 1 aliphatic heterocycles. The Kier molecular flexibility index (Phi) is 17.2. The van der Waals surface area contributed by atoms with Crippen molar-refractivity contribution >= 4 is 35.8 Å². The van der Waals surface area contributed by atoms with Crippen LogP contribution < -0.4 is 0 Å². The lowest BCUT2D eigenvalue weighted by Crippen LogP contribution is -2.11. The minimum atomic E-state index is -1.06. The average Bonchev–Trinajstić information content (AvgIpc) is 2.81. The topological polar surface area (TPSA) is 202 Å². The van der Waals surface area contributed by atoms with Crippen LogP contribution in [-0.4, -0.2) is 69.5 Å². The van der Waals surface area contributed by atoms with Gasteiger partial charge in [0.1, 0.15) is 0 Å². The molecule has 1 fully saturated rings. The SMILES string of the molecule is O=C(O)CCCCC(=O)O.O=C(O)c1ccc(C(=O)O)cc1.O=C1CCCCC(=O)OCCCCO1. The molecule has 1 aliphatic rings. The van der Waals surface area contributed by atoms with Crippen LogP contribution in [0.25, 0.3) is 0 Å². The second-order valence-corrected chi connectivity index (χ2v) is 7.54. The Morgan fingerprint density at radius 1 is 0.611 bits per heavy atom. The summed E-state index contributed by atoms with van der Waals surface area (Å²) >= 11 is 0. The van der Waals surface area contributed by atoms with E-state index in [1.165, 1.54) is 24.3 Å². The number of benzene rings is 1. The van der Waals surface area contributed by atoms with Gasteiger partial charge in [0.15, 0.2) is 0 Å². The number of carboxylic acids is 4. The lowest BCUT2D eigenvalue weighted by molar-refractivity contribution is -0.147. The third kappa shape index (κ3) is 18.5. The normalized spacial score (nSPS) is 14.0. The molecule has 200 valence electrons.